The van der Waals surface area contributed by atoms with E-state index >= 15 is 0 Å². The fourth-order valence-corrected chi connectivity index (χ4v) is 5.04. The number of primary amides is 1. The smallest absolute Gasteiger partial charge is 0.270 e. The van der Waals surface area contributed by atoms with Gasteiger partial charge in [0.15, 0.2) is 5.69 Å². The molecule has 1 aliphatic carbocycles. The lowest BCUT2D eigenvalue weighted by molar-refractivity contribution is -0.127. The first-order valence-electron chi connectivity index (χ1n) is 11.1. The van der Waals surface area contributed by atoms with Gasteiger partial charge in [0.1, 0.15) is 10.9 Å². The van der Waals surface area contributed by atoms with Crippen LogP contribution in [0, 0.1) is 5.92 Å². The highest BCUT2D eigenvalue weighted by atomic mass is 35.5. The first-order valence-corrected chi connectivity index (χ1v) is 12.2. The molecule has 1 fully saturated rings. The van der Waals surface area contributed by atoms with Crippen molar-refractivity contribution in [1.29, 1.82) is 0 Å². The van der Waals surface area contributed by atoms with Gasteiger partial charge in [0.25, 0.3) is 11.8 Å². The summed E-state index contributed by atoms with van der Waals surface area (Å²) < 4.78 is 3.96. The predicted octanol–water partition coefficient (Wildman–Crippen LogP) is 3.59. The maximum Gasteiger partial charge on any atom is 0.270 e. The largest absolute Gasteiger partial charge is 0.395 e. The number of benzene rings is 1. The summed E-state index contributed by atoms with van der Waals surface area (Å²) >= 11 is 7.19. The zero-order valence-corrected chi connectivity index (χ0v) is 20.4. The van der Waals surface area contributed by atoms with Gasteiger partial charge in [0.2, 0.25) is 5.91 Å². The van der Waals surface area contributed by atoms with Crippen LogP contribution in [-0.4, -0.2) is 39.1 Å². The van der Waals surface area contributed by atoms with Crippen molar-refractivity contribution in [2.45, 2.75) is 64.6 Å². The number of nitrogen functional groups attached to an aromatic ring is 1. The first-order chi connectivity index (χ1) is 15.7. The number of amides is 3. The molecule has 0 radical (unpaired) electrons. The molecular weight excluding hydrogens is 462 g/mol. The van der Waals surface area contributed by atoms with Gasteiger partial charge in [-0.3, -0.25) is 14.4 Å². The highest BCUT2D eigenvalue weighted by Crippen LogP contribution is 2.28. The van der Waals surface area contributed by atoms with Crippen LogP contribution in [0.5, 0.6) is 0 Å². The van der Waals surface area contributed by atoms with Crippen molar-refractivity contribution in [3.8, 4) is 0 Å². The standard InChI is InChI=1S/C23H30ClN5O3S/c1-13(2)11-17(22(31)27-15-8-4-5-9-15)29(12-14-7-3-6-10-16(14)24)23(32)20-18(25)19(21(26)30)28-33-20/h3,6-7,10,13,15,17H,4-5,8-9,11-12,25H2,1-2H3,(H2,26,30)(H,27,31). The van der Waals surface area contributed by atoms with Crippen molar-refractivity contribution < 1.29 is 14.4 Å². The van der Waals surface area contributed by atoms with E-state index in [9.17, 15) is 14.4 Å². The quantitative estimate of drug-likeness (QED) is 0.493. The molecule has 3 amide bonds. The molecule has 5 N–H and O–H groups in total. The molecule has 0 aliphatic heterocycles. The minimum Gasteiger partial charge on any atom is -0.395 e. The van der Waals surface area contributed by atoms with Gasteiger partial charge in [-0.2, -0.15) is 4.37 Å². The molecule has 0 bridgehead atoms. The van der Waals surface area contributed by atoms with Gasteiger partial charge >= 0.3 is 0 Å². The van der Waals surface area contributed by atoms with Gasteiger partial charge in [-0.1, -0.05) is 56.5 Å². The molecule has 1 aromatic heterocycles. The van der Waals surface area contributed by atoms with E-state index in [0.717, 1.165) is 37.2 Å². The van der Waals surface area contributed by atoms with Gasteiger partial charge in [0.05, 0.1) is 5.69 Å². The number of hydrogen-bond acceptors (Lipinski definition) is 6. The van der Waals surface area contributed by atoms with E-state index < -0.39 is 17.9 Å². The summed E-state index contributed by atoms with van der Waals surface area (Å²) in [6.07, 6.45) is 4.48. The number of carbonyl (C=O) groups is 3. The second kappa shape index (κ2) is 11.0. The molecule has 178 valence electrons. The molecule has 2 aromatic rings. The first kappa shape index (κ1) is 25.0. The summed E-state index contributed by atoms with van der Waals surface area (Å²) in [6, 6.07) is 6.55. The Morgan fingerprint density at radius 2 is 1.91 bits per heavy atom. The average molecular weight is 492 g/mol. The van der Waals surface area contributed by atoms with Gasteiger partial charge < -0.3 is 21.7 Å². The topological polar surface area (TPSA) is 131 Å². The van der Waals surface area contributed by atoms with Crippen molar-refractivity contribution in [1.82, 2.24) is 14.6 Å². The van der Waals surface area contributed by atoms with Gasteiger partial charge in [-0.05, 0) is 48.3 Å². The number of halogens is 1. The zero-order chi connectivity index (χ0) is 24.1. The lowest BCUT2D eigenvalue weighted by Crippen LogP contribution is -2.51. The third kappa shape index (κ3) is 6.03. The molecule has 1 unspecified atom stereocenters. The Labute approximate surface area is 202 Å². The Kier molecular flexibility index (Phi) is 8.31. The SMILES string of the molecule is CC(C)CC(C(=O)NC1CCCC1)N(Cc1ccccc1Cl)C(=O)c1snc(C(N)=O)c1N. The highest BCUT2D eigenvalue weighted by molar-refractivity contribution is 7.09. The number of hydrogen-bond donors (Lipinski definition) is 3. The number of carbonyl (C=O) groups excluding carboxylic acids is 3. The number of nitrogens with two attached hydrogens (primary N) is 2. The van der Waals surface area contributed by atoms with E-state index in [4.69, 9.17) is 23.1 Å². The van der Waals surface area contributed by atoms with Crippen LogP contribution < -0.4 is 16.8 Å². The molecule has 10 heteroatoms. The molecule has 1 aliphatic rings. The fraction of sp³-hybridized carbons (Fsp3) is 0.478. The number of rotatable bonds is 9. The Morgan fingerprint density at radius 1 is 1.24 bits per heavy atom. The van der Waals surface area contributed by atoms with E-state index in [0.29, 0.717) is 17.0 Å². The highest BCUT2D eigenvalue weighted by Gasteiger charge is 2.35. The molecular formula is C23H30ClN5O3S. The van der Waals surface area contributed by atoms with Crippen LogP contribution in [0.25, 0.3) is 0 Å². The number of nitrogens with one attached hydrogen (secondary N) is 1. The molecule has 1 aromatic carbocycles. The second-order valence-corrected chi connectivity index (χ2v) is 9.98. The predicted molar refractivity (Wildman–Crippen MR) is 130 cm³/mol. The van der Waals surface area contributed by atoms with Crippen LogP contribution in [-0.2, 0) is 11.3 Å². The zero-order valence-electron chi connectivity index (χ0n) is 18.8. The van der Waals surface area contributed by atoms with E-state index in [1.165, 1.54) is 4.90 Å². The van der Waals surface area contributed by atoms with Gasteiger partial charge in [-0.15, -0.1) is 0 Å². The summed E-state index contributed by atoms with van der Waals surface area (Å²) in [7, 11) is 0. The Morgan fingerprint density at radius 3 is 2.48 bits per heavy atom. The molecule has 0 saturated heterocycles. The summed E-state index contributed by atoms with van der Waals surface area (Å²) in [5.41, 5.74) is 11.9. The third-order valence-corrected chi connectivity index (χ3v) is 7.01. The number of anilines is 1. The minimum absolute atomic E-state index is 0.0684. The third-order valence-electron chi connectivity index (χ3n) is 5.79. The Balaban J connectivity index is 2.00. The Bertz CT molecular complexity index is 1020. The second-order valence-electron chi connectivity index (χ2n) is 8.80. The van der Waals surface area contributed by atoms with E-state index in [-0.39, 0.29) is 40.7 Å². The maximum absolute atomic E-state index is 13.7. The molecule has 1 saturated carbocycles. The van der Waals surface area contributed by atoms with Crippen LogP contribution >= 0.6 is 23.1 Å². The molecule has 33 heavy (non-hydrogen) atoms. The van der Waals surface area contributed by atoms with Crippen LogP contribution in [0.15, 0.2) is 24.3 Å². The minimum atomic E-state index is -0.807. The van der Waals surface area contributed by atoms with Crippen molar-refractivity contribution in [3.05, 3.63) is 45.4 Å². The van der Waals surface area contributed by atoms with Crippen molar-refractivity contribution in [3.63, 3.8) is 0 Å². The van der Waals surface area contributed by atoms with E-state index in [1.807, 2.05) is 26.0 Å². The lowest BCUT2D eigenvalue weighted by atomic mass is 9.99. The molecule has 0 spiro atoms. The molecule has 8 nitrogen and oxygen atoms in total. The van der Waals surface area contributed by atoms with E-state index in [2.05, 4.69) is 9.69 Å². The fourth-order valence-electron chi connectivity index (χ4n) is 4.08. The molecule has 1 heterocycles. The van der Waals surface area contributed by atoms with Gasteiger partial charge in [0, 0.05) is 17.6 Å². The van der Waals surface area contributed by atoms with Crippen molar-refractivity contribution in [2.24, 2.45) is 11.7 Å². The molecule has 1 atom stereocenters. The monoisotopic (exact) mass is 491 g/mol. The van der Waals surface area contributed by atoms with E-state index in [1.54, 1.807) is 12.1 Å². The summed E-state index contributed by atoms with van der Waals surface area (Å²) in [5, 5.41) is 3.62. The average Bonchev–Trinajstić information content (AvgIpc) is 3.40. The van der Waals surface area contributed by atoms with Crippen LogP contribution in [0.3, 0.4) is 0 Å². The summed E-state index contributed by atoms with van der Waals surface area (Å²) in [5.74, 6) is -1.34. The lowest BCUT2D eigenvalue weighted by Gasteiger charge is -2.33. The number of nitrogens with zero attached hydrogens (tertiary/aromatic N) is 2. The normalized spacial score (nSPS) is 14.9. The van der Waals surface area contributed by atoms with Crippen molar-refractivity contribution in [2.75, 3.05) is 5.73 Å². The van der Waals surface area contributed by atoms with Crippen LogP contribution in [0.1, 0.15) is 71.7 Å². The maximum atomic E-state index is 13.7. The molecule has 3 rings (SSSR count). The summed E-state index contributed by atoms with van der Waals surface area (Å²) in [4.78, 5) is 40.3. The van der Waals surface area contributed by atoms with Crippen LogP contribution in [0.4, 0.5) is 5.69 Å². The van der Waals surface area contributed by atoms with Gasteiger partial charge in [-0.25, -0.2) is 0 Å². The summed E-state index contributed by atoms with van der Waals surface area (Å²) in [6.45, 7) is 4.11. The van der Waals surface area contributed by atoms with Crippen molar-refractivity contribution >= 4 is 46.5 Å². The number of aromatic nitrogens is 1. The van der Waals surface area contributed by atoms with Crippen LogP contribution in [0.2, 0.25) is 5.02 Å². The Hall–Kier alpha value is -2.65.